The number of pyridine rings is 1. The lowest BCUT2D eigenvalue weighted by Crippen LogP contribution is -2.30. The van der Waals surface area contributed by atoms with Crippen LogP contribution < -0.4 is 4.90 Å². The number of aromatic nitrogens is 2. The molecule has 0 saturated carbocycles. The number of fused-ring (bicyclic) bond motifs is 1. The Morgan fingerprint density at radius 2 is 1.59 bits per heavy atom. The third kappa shape index (κ3) is 4.90. The fraction of sp³-hybridized carbons (Fsp3) is 0.138. The van der Waals surface area contributed by atoms with Crippen molar-refractivity contribution >= 4 is 32.6 Å². The molecular weight excluding hydrogens is 438 g/mol. The molecule has 5 aromatic rings. The summed E-state index contributed by atoms with van der Waals surface area (Å²) >= 11 is 1.55. The number of thiazole rings is 1. The summed E-state index contributed by atoms with van der Waals surface area (Å²) in [5, 5.41) is 0.687. The van der Waals surface area contributed by atoms with Crippen molar-refractivity contribution in [1.29, 1.82) is 0 Å². The molecule has 2 aromatic heterocycles. The van der Waals surface area contributed by atoms with Gasteiger partial charge in [0.05, 0.1) is 22.5 Å². The van der Waals surface area contributed by atoms with Gasteiger partial charge in [-0.2, -0.15) is 0 Å². The molecule has 0 atom stereocenters. The molecule has 0 spiro atoms. The maximum absolute atomic E-state index is 13.7. The van der Waals surface area contributed by atoms with Crippen molar-refractivity contribution in [2.24, 2.45) is 0 Å². The number of carbonyl (C=O) groups is 1. The van der Waals surface area contributed by atoms with Crippen molar-refractivity contribution in [3.8, 4) is 0 Å². The highest BCUT2D eigenvalue weighted by Crippen LogP contribution is 2.31. The van der Waals surface area contributed by atoms with Crippen LogP contribution in [0.2, 0.25) is 0 Å². The third-order valence-corrected chi connectivity index (χ3v) is 6.87. The minimum atomic E-state index is -0.0771. The molecule has 0 aliphatic rings. The summed E-state index contributed by atoms with van der Waals surface area (Å²) in [6.45, 7) is 2.51. The molecule has 5 heteroatoms. The van der Waals surface area contributed by atoms with Crippen molar-refractivity contribution in [3.63, 3.8) is 0 Å². The molecule has 0 N–H and O–H groups in total. The number of amides is 1. The molecule has 5 rings (SSSR count). The molecule has 168 valence electrons. The molecule has 1 amide bonds. The number of rotatable bonds is 7. The zero-order valence-corrected chi connectivity index (χ0v) is 19.8. The Bertz CT molecular complexity index is 1400. The van der Waals surface area contributed by atoms with Gasteiger partial charge in [-0.1, -0.05) is 72.9 Å². The Morgan fingerprint density at radius 3 is 2.32 bits per heavy atom. The van der Waals surface area contributed by atoms with E-state index in [4.69, 9.17) is 4.98 Å². The molecule has 3 aromatic carbocycles. The normalized spacial score (nSPS) is 11.0. The van der Waals surface area contributed by atoms with Crippen molar-refractivity contribution < 1.29 is 4.79 Å². The molecular formula is C29H25N3OS. The number of benzene rings is 3. The van der Waals surface area contributed by atoms with Gasteiger partial charge >= 0.3 is 0 Å². The van der Waals surface area contributed by atoms with Gasteiger partial charge in [-0.05, 0) is 65.9 Å². The predicted molar refractivity (Wildman–Crippen MR) is 139 cm³/mol. The minimum Gasteiger partial charge on any atom is -0.278 e. The van der Waals surface area contributed by atoms with Crippen LogP contribution in [0.25, 0.3) is 10.2 Å². The Balaban J connectivity index is 1.45. The van der Waals surface area contributed by atoms with Crippen LogP contribution in [0.5, 0.6) is 0 Å². The lowest BCUT2D eigenvalue weighted by molar-refractivity contribution is 0.0985. The van der Waals surface area contributed by atoms with Gasteiger partial charge in [0.1, 0.15) is 0 Å². The lowest BCUT2D eigenvalue weighted by Gasteiger charge is -2.20. The molecule has 0 saturated heterocycles. The SMILES string of the molecule is CCc1ccc2nc(N(Cc3ccccn3)C(=O)c3ccc(Cc4ccccc4)cc3)sc2c1. The molecule has 0 radical (unpaired) electrons. The van der Waals surface area contributed by atoms with Gasteiger partial charge in [0, 0.05) is 11.8 Å². The van der Waals surface area contributed by atoms with Crippen molar-refractivity contribution in [2.75, 3.05) is 4.90 Å². The first-order valence-corrected chi connectivity index (χ1v) is 12.3. The third-order valence-electron chi connectivity index (χ3n) is 5.82. The van der Waals surface area contributed by atoms with E-state index in [2.05, 4.69) is 36.2 Å². The van der Waals surface area contributed by atoms with Crippen LogP contribution in [0.4, 0.5) is 5.13 Å². The van der Waals surface area contributed by atoms with Gasteiger partial charge in [-0.3, -0.25) is 14.7 Å². The van der Waals surface area contributed by atoms with Crippen LogP contribution in [0.1, 0.15) is 39.7 Å². The van der Waals surface area contributed by atoms with Gasteiger partial charge in [0.25, 0.3) is 5.91 Å². The predicted octanol–water partition coefficient (Wildman–Crippen LogP) is 6.69. The number of anilines is 1. The number of hydrogen-bond donors (Lipinski definition) is 0. The summed E-state index contributed by atoms with van der Waals surface area (Å²) in [6.07, 6.45) is 3.56. The summed E-state index contributed by atoms with van der Waals surface area (Å²) in [5.41, 5.74) is 6.06. The summed E-state index contributed by atoms with van der Waals surface area (Å²) in [4.78, 5) is 24.7. The highest BCUT2D eigenvalue weighted by molar-refractivity contribution is 7.22. The largest absolute Gasteiger partial charge is 0.278 e. The smallest absolute Gasteiger partial charge is 0.260 e. The second-order valence-corrected chi connectivity index (χ2v) is 9.23. The fourth-order valence-corrected chi connectivity index (χ4v) is 4.95. The number of aryl methyl sites for hydroxylation is 1. The topological polar surface area (TPSA) is 46.1 Å². The van der Waals surface area contributed by atoms with E-state index in [-0.39, 0.29) is 5.91 Å². The number of carbonyl (C=O) groups excluding carboxylic acids is 1. The van der Waals surface area contributed by atoms with Crippen LogP contribution in [-0.2, 0) is 19.4 Å². The van der Waals surface area contributed by atoms with E-state index >= 15 is 0 Å². The number of hydrogen-bond acceptors (Lipinski definition) is 4. The average molecular weight is 464 g/mol. The molecule has 0 unspecified atom stereocenters. The monoisotopic (exact) mass is 463 g/mol. The standard InChI is InChI=1S/C29H25N3OS/c1-2-21-13-16-26-27(19-21)34-29(31-26)32(20-25-10-6-7-17-30-25)28(33)24-14-11-23(12-15-24)18-22-8-4-3-5-9-22/h3-17,19H,2,18,20H2,1H3. The molecule has 34 heavy (non-hydrogen) atoms. The molecule has 0 bridgehead atoms. The molecule has 0 aliphatic heterocycles. The maximum atomic E-state index is 13.7. The Hall–Kier alpha value is -3.83. The van der Waals surface area contributed by atoms with Gasteiger partial charge in [-0.25, -0.2) is 4.98 Å². The van der Waals surface area contributed by atoms with E-state index in [9.17, 15) is 4.79 Å². The van der Waals surface area contributed by atoms with Crippen molar-refractivity contribution in [2.45, 2.75) is 26.3 Å². The zero-order valence-electron chi connectivity index (χ0n) is 19.0. The van der Waals surface area contributed by atoms with Crippen LogP contribution in [0, 0.1) is 0 Å². The lowest BCUT2D eigenvalue weighted by atomic mass is 10.0. The summed E-state index contributed by atoms with van der Waals surface area (Å²) in [6, 6.07) is 30.3. The Morgan fingerprint density at radius 1 is 0.853 bits per heavy atom. The first-order chi connectivity index (χ1) is 16.7. The second kappa shape index (κ2) is 9.98. The van der Waals surface area contributed by atoms with Gasteiger partial charge in [0.2, 0.25) is 0 Å². The van der Waals surface area contributed by atoms with Crippen LogP contribution in [0.3, 0.4) is 0 Å². The maximum Gasteiger partial charge on any atom is 0.260 e. The van der Waals surface area contributed by atoms with Gasteiger partial charge in [-0.15, -0.1) is 0 Å². The first kappa shape index (κ1) is 22.0. The van der Waals surface area contributed by atoms with E-state index < -0.39 is 0 Å². The fourth-order valence-electron chi connectivity index (χ4n) is 3.92. The van der Waals surface area contributed by atoms with Crippen molar-refractivity contribution in [1.82, 2.24) is 9.97 Å². The first-order valence-electron chi connectivity index (χ1n) is 11.4. The van der Waals surface area contributed by atoms with E-state index in [0.717, 1.165) is 28.8 Å². The molecule has 0 fully saturated rings. The van der Waals surface area contributed by atoms with E-state index in [0.29, 0.717) is 17.2 Å². The van der Waals surface area contributed by atoms with Crippen LogP contribution >= 0.6 is 11.3 Å². The second-order valence-electron chi connectivity index (χ2n) is 8.22. The van der Waals surface area contributed by atoms with Gasteiger partial charge in [0.15, 0.2) is 5.13 Å². The Labute approximate surface area is 203 Å². The summed E-state index contributed by atoms with van der Waals surface area (Å²) in [7, 11) is 0. The van der Waals surface area contributed by atoms with E-state index in [1.165, 1.54) is 16.7 Å². The average Bonchev–Trinajstić information content (AvgIpc) is 3.31. The van der Waals surface area contributed by atoms with Crippen LogP contribution in [-0.4, -0.2) is 15.9 Å². The van der Waals surface area contributed by atoms with E-state index in [1.54, 1.807) is 22.4 Å². The quantitative estimate of drug-likeness (QED) is 0.270. The Kier molecular flexibility index (Phi) is 6.45. The minimum absolute atomic E-state index is 0.0771. The molecule has 4 nitrogen and oxygen atoms in total. The summed E-state index contributed by atoms with van der Waals surface area (Å²) < 4.78 is 1.09. The zero-order chi connectivity index (χ0) is 23.3. The number of nitrogens with zero attached hydrogens (tertiary/aromatic N) is 3. The molecule has 2 heterocycles. The highest BCUT2D eigenvalue weighted by atomic mass is 32.1. The van der Waals surface area contributed by atoms with Crippen LogP contribution in [0.15, 0.2) is 97.2 Å². The van der Waals surface area contributed by atoms with E-state index in [1.807, 2.05) is 66.7 Å². The molecule has 0 aliphatic carbocycles. The van der Waals surface area contributed by atoms with Gasteiger partial charge < -0.3 is 0 Å². The highest BCUT2D eigenvalue weighted by Gasteiger charge is 2.22. The summed E-state index contributed by atoms with van der Waals surface area (Å²) in [5.74, 6) is -0.0771. The van der Waals surface area contributed by atoms with Crippen molar-refractivity contribution in [3.05, 3.63) is 125 Å².